The molecule has 0 aliphatic rings. The average molecular weight is 216 g/mol. The second-order valence-corrected chi connectivity index (χ2v) is 0.904. The predicted octanol–water partition coefficient (Wildman–Crippen LogP) is -5.52. The van der Waals surface area contributed by atoms with E-state index >= 15 is 0 Å². The Morgan fingerprint density at radius 2 is 1.33 bits per heavy atom. The molecule has 0 bridgehead atoms. The van der Waals surface area contributed by atoms with Crippen molar-refractivity contribution in [2.75, 3.05) is 0 Å². The number of nitrogens with zero attached hydrogens (tertiary/aromatic N) is 2. The Kier molecular flexibility index (Phi) is 20.0. The van der Waals surface area contributed by atoms with Gasteiger partial charge in [-0.05, 0) is 6.07 Å². The zero-order valence-electron chi connectivity index (χ0n) is 4.67. The van der Waals surface area contributed by atoms with Crippen LogP contribution in [0, 0.1) is 0 Å². The minimum atomic E-state index is 0. The van der Waals surface area contributed by atoms with Crippen LogP contribution >= 0.6 is 0 Å². The van der Waals surface area contributed by atoms with Crippen LogP contribution in [-0.4, -0.2) is 9.97 Å². The summed E-state index contributed by atoms with van der Waals surface area (Å²) >= 11 is 0. The van der Waals surface area contributed by atoms with E-state index in [0.717, 1.165) is 0 Å². The van der Waals surface area contributed by atoms with Crippen molar-refractivity contribution in [1.82, 2.24) is 9.97 Å². The van der Waals surface area contributed by atoms with Gasteiger partial charge in [0.05, 0.1) is 0 Å². The molecule has 0 N–H and O–H groups in total. The molecule has 0 fully saturated rings. The van der Waals surface area contributed by atoms with Gasteiger partial charge in [-0.25, -0.2) is 9.97 Å². The van der Waals surface area contributed by atoms with Crippen molar-refractivity contribution in [1.29, 1.82) is 0 Å². The first kappa shape index (κ1) is 16.1. The van der Waals surface area contributed by atoms with Crippen LogP contribution in [0.15, 0.2) is 24.8 Å². The maximum Gasteiger partial charge on any atom is 2.00 e. The zero-order valence-corrected chi connectivity index (χ0v) is 9.15. The molecule has 1 aromatic rings. The molecule has 0 saturated heterocycles. The fourth-order valence-electron chi connectivity index (χ4n) is 0.253. The fourth-order valence-corrected chi connectivity index (χ4v) is 0.253. The molecule has 9 heavy (non-hydrogen) atoms. The molecule has 0 spiro atoms. The molecule has 0 saturated carbocycles. The minimum absolute atomic E-state index is 0. The van der Waals surface area contributed by atoms with Crippen LogP contribution in [0.4, 0.5) is 0 Å². The number of hydrogen-bond acceptors (Lipinski definition) is 2. The van der Waals surface area contributed by atoms with Crippen LogP contribution in [0.5, 0.6) is 0 Å². The summed E-state index contributed by atoms with van der Waals surface area (Å²) in [6.07, 6.45) is 4.88. The standard InChI is InChI=1S/C4H4N2.2ClH.Zn/c1-2-5-4-6-3-1;;;/h1-4H;2*1H;/q;;;+2/p-2. The summed E-state index contributed by atoms with van der Waals surface area (Å²) in [7, 11) is 0. The van der Waals surface area contributed by atoms with E-state index in [1.54, 1.807) is 18.5 Å². The zero-order chi connectivity index (χ0) is 4.24. The van der Waals surface area contributed by atoms with Gasteiger partial charge in [-0.1, -0.05) is 0 Å². The van der Waals surface area contributed by atoms with E-state index in [0.29, 0.717) is 0 Å². The molecule has 0 amide bonds. The van der Waals surface area contributed by atoms with Crippen LogP contribution < -0.4 is 24.8 Å². The molecule has 2 nitrogen and oxygen atoms in total. The van der Waals surface area contributed by atoms with Crippen molar-refractivity contribution >= 4 is 0 Å². The van der Waals surface area contributed by atoms with E-state index < -0.39 is 0 Å². The Balaban J connectivity index is -0.000000120. The summed E-state index contributed by atoms with van der Waals surface area (Å²) in [5.74, 6) is 0. The van der Waals surface area contributed by atoms with Gasteiger partial charge >= 0.3 is 19.5 Å². The Morgan fingerprint density at radius 1 is 0.889 bits per heavy atom. The third kappa shape index (κ3) is 8.28. The number of aromatic nitrogens is 2. The third-order valence-electron chi connectivity index (χ3n) is 0.478. The molecule has 0 radical (unpaired) electrons. The van der Waals surface area contributed by atoms with E-state index in [1.165, 1.54) is 6.33 Å². The minimum Gasteiger partial charge on any atom is -1.00 e. The number of halogens is 2. The van der Waals surface area contributed by atoms with Crippen LogP contribution in [0.1, 0.15) is 0 Å². The van der Waals surface area contributed by atoms with Crippen LogP contribution in [-0.2, 0) is 19.5 Å². The monoisotopic (exact) mass is 214 g/mol. The number of hydrogen-bond donors (Lipinski definition) is 0. The van der Waals surface area contributed by atoms with Gasteiger partial charge in [0.25, 0.3) is 0 Å². The van der Waals surface area contributed by atoms with E-state index in [9.17, 15) is 0 Å². The normalized spacial score (nSPS) is 5.33. The summed E-state index contributed by atoms with van der Waals surface area (Å²) in [5, 5.41) is 0. The predicted molar refractivity (Wildman–Crippen MR) is 22.0 cm³/mol. The average Bonchev–Trinajstić information content (AvgIpc) is 1.72. The SMILES string of the molecule is [Cl-].[Cl-].[Zn+2].c1cncnc1. The summed E-state index contributed by atoms with van der Waals surface area (Å²) in [4.78, 5) is 7.35. The summed E-state index contributed by atoms with van der Waals surface area (Å²) in [5.41, 5.74) is 0. The van der Waals surface area contributed by atoms with Gasteiger partial charge in [0.1, 0.15) is 6.33 Å². The molecule has 46 valence electrons. The van der Waals surface area contributed by atoms with Gasteiger partial charge in [-0.2, -0.15) is 0 Å². The quantitative estimate of drug-likeness (QED) is 0.404. The summed E-state index contributed by atoms with van der Waals surface area (Å²) in [6, 6.07) is 1.78. The Labute approximate surface area is 79.1 Å². The van der Waals surface area contributed by atoms with Gasteiger partial charge in [0, 0.05) is 12.4 Å². The van der Waals surface area contributed by atoms with Crippen LogP contribution in [0.2, 0.25) is 0 Å². The maximum absolute atomic E-state index is 3.67. The van der Waals surface area contributed by atoms with E-state index in [-0.39, 0.29) is 44.3 Å². The molecule has 1 rings (SSSR count). The summed E-state index contributed by atoms with van der Waals surface area (Å²) < 4.78 is 0. The van der Waals surface area contributed by atoms with Gasteiger partial charge in [0.15, 0.2) is 0 Å². The molecule has 0 aliphatic carbocycles. The first-order valence-electron chi connectivity index (χ1n) is 1.70. The molecule has 0 aliphatic heterocycles. The topological polar surface area (TPSA) is 25.8 Å². The molecule has 0 atom stereocenters. The van der Waals surface area contributed by atoms with Crippen molar-refractivity contribution in [2.24, 2.45) is 0 Å². The van der Waals surface area contributed by atoms with E-state index in [2.05, 4.69) is 9.97 Å². The Bertz CT molecular complexity index is 88.5. The Morgan fingerprint density at radius 3 is 1.44 bits per heavy atom. The second-order valence-electron chi connectivity index (χ2n) is 0.904. The molecule has 0 unspecified atom stereocenters. The Hall–Kier alpha value is 0.283. The molecule has 5 heteroatoms. The molecular formula is C4H4Cl2N2Zn. The van der Waals surface area contributed by atoms with E-state index in [1.807, 2.05) is 0 Å². The molecule has 0 aromatic carbocycles. The first-order valence-corrected chi connectivity index (χ1v) is 1.70. The maximum atomic E-state index is 3.67. The van der Waals surface area contributed by atoms with Gasteiger partial charge in [0.2, 0.25) is 0 Å². The molecular weight excluding hydrogens is 212 g/mol. The van der Waals surface area contributed by atoms with Crippen molar-refractivity contribution in [3.8, 4) is 0 Å². The fraction of sp³-hybridized carbons (Fsp3) is 0. The van der Waals surface area contributed by atoms with Crippen LogP contribution in [0.3, 0.4) is 0 Å². The van der Waals surface area contributed by atoms with Gasteiger partial charge in [-0.15, -0.1) is 0 Å². The van der Waals surface area contributed by atoms with Crippen molar-refractivity contribution in [3.05, 3.63) is 24.8 Å². The second kappa shape index (κ2) is 11.1. The van der Waals surface area contributed by atoms with Crippen molar-refractivity contribution < 1.29 is 44.3 Å². The van der Waals surface area contributed by atoms with Gasteiger partial charge < -0.3 is 24.8 Å². The smallest absolute Gasteiger partial charge is 1.00 e. The largest absolute Gasteiger partial charge is 2.00 e. The van der Waals surface area contributed by atoms with Crippen LogP contribution in [0.25, 0.3) is 0 Å². The number of rotatable bonds is 0. The van der Waals surface area contributed by atoms with Gasteiger partial charge in [-0.3, -0.25) is 0 Å². The third-order valence-corrected chi connectivity index (χ3v) is 0.478. The molecule has 1 heterocycles. The first-order chi connectivity index (χ1) is 3.00. The van der Waals surface area contributed by atoms with Crippen molar-refractivity contribution in [2.45, 2.75) is 0 Å². The molecule has 1 aromatic heterocycles. The summed E-state index contributed by atoms with van der Waals surface area (Å²) in [6.45, 7) is 0. The van der Waals surface area contributed by atoms with E-state index in [4.69, 9.17) is 0 Å². The van der Waals surface area contributed by atoms with Crippen molar-refractivity contribution in [3.63, 3.8) is 0 Å².